The van der Waals surface area contributed by atoms with Gasteiger partial charge in [-0.1, -0.05) is 134 Å². The molecule has 0 amide bonds. The van der Waals surface area contributed by atoms with Gasteiger partial charge in [-0.2, -0.15) is 0 Å². The van der Waals surface area contributed by atoms with Crippen molar-refractivity contribution in [2.45, 2.75) is 105 Å². The van der Waals surface area contributed by atoms with Gasteiger partial charge < -0.3 is 8.85 Å². The molecule has 232 valence electrons. The summed E-state index contributed by atoms with van der Waals surface area (Å²) in [6.45, 7) is 21.6. The lowest BCUT2D eigenvalue weighted by molar-refractivity contribution is -0.115. The number of rotatable bonds is 18. The van der Waals surface area contributed by atoms with Gasteiger partial charge in [-0.15, -0.1) is 0 Å². The Morgan fingerprint density at radius 1 is 0.833 bits per heavy atom. The minimum atomic E-state index is -2.53. The summed E-state index contributed by atoms with van der Waals surface area (Å²) in [5, 5.41) is 2.55. The molecule has 0 fully saturated rings. The largest absolute Gasteiger partial charge is 0.417 e. The van der Waals surface area contributed by atoms with E-state index in [1.54, 1.807) is 0 Å². The molecule has 0 radical (unpaired) electrons. The van der Waals surface area contributed by atoms with Crippen LogP contribution in [-0.4, -0.2) is 35.6 Å². The van der Waals surface area contributed by atoms with Crippen LogP contribution in [0.25, 0.3) is 0 Å². The van der Waals surface area contributed by atoms with Gasteiger partial charge in [-0.3, -0.25) is 4.79 Å². The molecular weight excluding hydrogens is 549 g/mol. The first-order valence-corrected chi connectivity index (χ1v) is 20.6. The van der Waals surface area contributed by atoms with Crippen molar-refractivity contribution >= 4 is 32.8 Å². The van der Waals surface area contributed by atoms with Crippen LogP contribution in [0.1, 0.15) is 81.6 Å². The smallest absolute Gasteiger partial charge is 0.261 e. The van der Waals surface area contributed by atoms with E-state index in [1.807, 2.05) is 6.08 Å². The molecule has 2 aromatic carbocycles. The monoisotopic (exact) mass is 606 g/mol. The Morgan fingerprint density at radius 2 is 1.36 bits per heavy atom. The van der Waals surface area contributed by atoms with Crippen LogP contribution in [0.15, 0.2) is 84.5 Å². The molecule has 2 atom stereocenters. The molecule has 0 spiro atoms. The number of hydrogen-bond acceptors (Lipinski definition) is 3. The molecule has 0 aromatic heterocycles. The Labute approximate surface area is 260 Å². The summed E-state index contributed by atoms with van der Waals surface area (Å²) in [7, 11) is -4.08. The van der Waals surface area contributed by atoms with Gasteiger partial charge in [0.25, 0.3) is 8.32 Å². The van der Waals surface area contributed by atoms with Crippen LogP contribution >= 0.6 is 0 Å². The van der Waals surface area contributed by atoms with Crippen molar-refractivity contribution in [1.82, 2.24) is 0 Å². The topological polar surface area (TPSA) is 35.5 Å². The van der Waals surface area contributed by atoms with Crippen molar-refractivity contribution in [3.8, 4) is 0 Å². The molecule has 0 N–H and O–H groups in total. The summed E-state index contributed by atoms with van der Waals surface area (Å²) < 4.78 is 13.4. The minimum absolute atomic E-state index is 0.0379. The van der Waals surface area contributed by atoms with Crippen molar-refractivity contribution in [3.63, 3.8) is 0 Å². The van der Waals surface area contributed by atoms with E-state index in [0.717, 1.165) is 19.4 Å². The van der Waals surface area contributed by atoms with E-state index >= 15 is 0 Å². The second kappa shape index (κ2) is 17.3. The summed E-state index contributed by atoms with van der Waals surface area (Å²) >= 11 is 0. The third kappa shape index (κ3) is 10.0. The first kappa shape index (κ1) is 36.1. The van der Waals surface area contributed by atoms with Crippen LogP contribution < -0.4 is 10.4 Å². The van der Waals surface area contributed by atoms with E-state index in [-0.39, 0.29) is 16.7 Å². The second-order valence-electron chi connectivity index (χ2n) is 13.1. The predicted octanol–water partition coefficient (Wildman–Crippen LogP) is 9.10. The molecule has 2 aromatic rings. The average molecular weight is 607 g/mol. The van der Waals surface area contributed by atoms with Crippen molar-refractivity contribution in [2.75, 3.05) is 13.2 Å². The van der Waals surface area contributed by atoms with E-state index in [9.17, 15) is 4.79 Å². The van der Waals surface area contributed by atoms with E-state index in [0.29, 0.717) is 18.9 Å². The first-order chi connectivity index (χ1) is 19.9. The van der Waals surface area contributed by atoms with Gasteiger partial charge in [0.2, 0.25) is 0 Å². The van der Waals surface area contributed by atoms with E-state index in [4.69, 9.17) is 8.85 Å². The summed E-state index contributed by atoms with van der Waals surface area (Å²) in [5.41, 5.74) is 1.17. The van der Waals surface area contributed by atoms with Crippen LogP contribution in [0.5, 0.6) is 0 Å². The standard InChI is InChI=1S/C37H58O3Si2/c1-10-41(11-2,12-3)39-28-26-32(5)33(6)30-34(38)29-31(4)21-19-20-27-40-42(37(7,8)9,35-22-15-13-16-23-35)36-24-17-14-18-25-36/h13-20,22-25,30-32H,10-12,21,26-29H2,1-9H3/b20-19+,33-30+/t31-,32-/m0/s1. The molecule has 3 nitrogen and oxygen atoms in total. The Bertz CT molecular complexity index is 1070. The summed E-state index contributed by atoms with van der Waals surface area (Å²) in [4.78, 5) is 12.8. The van der Waals surface area contributed by atoms with Gasteiger partial charge in [0.15, 0.2) is 14.1 Å². The lowest BCUT2D eigenvalue weighted by Gasteiger charge is -2.42. The highest BCUT2D eigenvalue weighted by molar-refractivity contribution is 6.99. The number of allylic oxidation sites excluding steroid dienone is 3. The molecule has 42 heavy (non-hydrogen) atoms. The van der Waals surface area contributed by atoms with Crippen LogP contribution in [0.3, 0.4) is 0 Å². The Balaban J connectivity index is 1.95. The number of ketones is 1. The van der Waals surface area contributed by atoms with Crippen LogP contribution in [0, 0.1) is 11.8 Å². The fraction of sp³-hybridized carbons (Fsp3) is 0.541. The summed E-state index contributed by atoms with van der Waals surface area (Å²) in [5.74, 6) is 0.874. The highest BCUT2D eigenvalue weighted by atomic mass is 28.4. The van der Waals surface area contributed by atoms with Crippen LogP contribution in [0.4, 0.5) is 0 Å². The van der Waals surface area contributed by atoms with Gasteiger partial charge in [-0.25, -0.2) is 0 Å². The second-order valence-corrected chi connectivity index (χ2v) is 22.2. The lowest BCUT2D eigenvalue weighted by atomic mass is 9.95. The summed E-state index contributed by atoms with van der Waals surface area (Å²) in [6.07, 6.45) is 8.63. The van der Waals surface area contributed by atoms with E-state index < -0.39 is 16.6 Å². The quantitative estimate of drug-likeness (QED) is 0.0964. The number of hydrogen-bond donors (Lipinski definition) is 0. The lowest BCUT2D eigenvalue weighted by Crippen LogP contribution is -2.66. The van der Waals surface area contributed by atoms with Crippen molar-refractivity contribution < 1.29 is 13.6 Å². The van der Waals surface area contributed by atoms with Crippen molar-refractivity contribution in [1.29, 1.82) is 0 Å². The Kier molecular flexibility index (Phi) is 14.9. The van der Waals surface area contributed by atoms with Gasteiger partial charge in [0.1, 0.15) is 0 Å². The molecule has 5 heteroatoms. The van der Waals surface area contributed by atoms with Gasteiger partial charge in [0, 0.05) is 13.0 Å². The maximum absolute atomic E-state index is 12.8. The minimum Gasteiger partial charge on any atom is -0.417 e. The normalized spacial score (nSPS) is 14.7. The SMILES string of the molecule is CC[Si](CC)(CC)OCC[C@H](C)/C(C)=C/C(=O)C[C@@H](C)C/C=C/CO[Si](c1ccccc1)(c1ccccc1)C(C)(C)C. The van der Waals surface area contributed by atoms with Crippen molar-refractivity contribution in [3.05, 3.63) is 84.5 Å². The fourth-order valence-corrected chi connectivity index (χ4v) is 13.1. The van der Waals surface area contributed by atoms with Gasteiger partial charge >= 0.3 is 0 Å². The highest BCUT2D eigenvalue weighted by Crippen LogP contribution is 2.36. The third-order valence-electron chi connectivity index (χ3n) is 9.13. The molecule has 2 rings (SSSR count). The molecule has 0 aliphatic heterocycles. The molecule has 0 saturated heterocycles. The molecule has 0 aliphatic rings. The maximum Gasteiger partial charge on any atom is 0.261 e. The maximum atomic E-state index is 12.8. The number of carbonyl (C=O) groups is 1. The summed E-state index contributed by atoms with van der Waals surface area (Å²) in [6, 6.07) is 25.0. The van der Waals surface area contributed by atoms with Gasteiger partial charge in [-0.05, 0) is 71.2 Å². The van der Waals surface area contributed by atoms with E-state index in [1.165, 1.54) is 34.1 Å². The molecular formula is C37H58O3Si2. The third-order valence-corrected chi connectivity index (χ3v) is 18.8. The van der Waals surface area contributed by atoms with Gasteiger partial charge in [0.05, 0.1) is 6.61 Å². The first-order valence-electron chi connectivity index (χ1n) is 16.2. The predicted molar refractivity (Wildman–Crippen MR) is 187 cm³/mol. The van der Waals surface area contributed by atoms with E-state index in [2.05, 4.69) is 135 Å². The van der Waals surface area contributed by atoms with Crippen LogP contribution in [0.2, 0.25) is 23.2 Å². The van der Waals surface area contributed by atoms with Crippen molar-refractivity contribution in [2.24, 2.45) is 11.8 Å². The molecule has 0 saturated carbocycles. The number of carbonyl (C=O) groups excluding carboxylic acids is 1. The fourth-order valence-electron chi connectivity index (χ4n) is 5.95. The average Bonchev–Trinajstić information content (AvgIpc) is 2.97. The Hall–Kier alpha value is -2.06. The molecule has 0 bridgehead atoms. The zero-order valence-corrected chi connectivity index (χ0v) is 30.0. The molecule has 0 aliphatic carbocycles. The zero-order chi connectivity index (χ0) is 31.2. The Morgan fingerprint density at radius 3 is 1.83 bits per heavy atom. The zero-order valence-electron chi connectivity index (χ0n) is 28.0. The van der Waals surface area contributed by atoms with Crippen LogP contribution in [-0.2, 0) is 13.6 Å². The molecule has 0 heterocycles. The number of benzene rings is 2. The highest BCUT2D eigenvalue weighted by Gasteiger charge is 2.49. The molecule has 0 unspecified atom stereocenters.